The largest absolute Gasteiger partial charge is 0.496 e. The summed E-state index contributed by atoms with van der Waals surface area (Å²) in [6.45, 7) is -0.140. The van der Waals surface area contributed by atoms with Crippen LogP contribution in [-0.4, -0.2) is 30.5 Å². The van der Waals surface area contributed by atoms with Gasteiger partial charge in [0.15, 0.2) is 12.4 Å². The maximum Gasteiger partial charge on any atom is 0.314 e. The van der Waals surface area contributed by atoms with Crippen LogP contribution < -0.4 is 20.1 Å². The molecule has 0 saturated heterocycles. The molecule has 0 heterocycles. The third-order valence-electron chi connectivity index (χ3n) is 4.46. The van der Waals surface area contributed by atoms with E-state index < -0.39 is 17.4 Å². The third-order valence-corrected chi connectivity index (χ3v) is 4.46. The molecule has 0 radical (unpaired) electrons. The van der Waals surface area contributed by atoms with Gasteiger partial charge in [-0.1, -0.05) is 42.5 Å². The van der Waals surface area contributed by atoms with Crippen molar-refractivity contribution < 1.29 is 24.0 Å². The van der Waals surface area contributed by atoms with Crippen LogP contribution in [0.4, 0.5) is 11.4 Å². The molecule has 3 aromatic rings. The third kappa shape index (κ3) is 5.82. The lowest BCUT2D eigenvalue weighted by Gasteiger charge is -2.12. The first-order valence-corrected chi connectivity index (χ1v) is 9.64. The van der Waals surface area contributed by atoms with Gasteiger partial charge >= 0.3 is 5.69 Å². The van der Waals surface area contributed by atoms with Crippen LogP contribution in [0.2, 0.25) is 0 Å². The molecule has 32 heavy (non-hydrogen) atoms. The van der Waals surface area contributed by atoms with Gasteiger partial charge in [0.05, 0.1) is 29.4 Å². The van der Waals surface area contributed by atoms with Crippen molar-refractivity contribution in [3.63, 3.8) is 0 Å². The lowest BCUT2D eigenvalue weighted by Crippen LogP contribution is -2.26. The van der Waals surface area contributed by atoms with Crippen molar-refractivity contribution in [2.24, 2.45) is 0 Å². The number of nitrogens with one attached hydrogen (secondary N) is 2. The zero-order chi connectivity index (χ0) is 22.9. The number of ether oxygens (including phenoxy) is 2. The lowest BCUT2D eigenvalue weighted by atomic mass is 10.1. The maximum atomic E-state index is 12.6. The van der Waals surface area contributed by atoms with Crippen LogP contribution in [0.3, 0.4) is 0 Å². The monoisotopic (exact) mass is 435 g/mol. The SMILES string of the molecule is COc1ccc(OCC(=O)Nc2ccccc2C(=O)NCc2ccccc2)c([N+](=O)[O-])c1. The first-order valence-electron chi connectivity index (χ1n) is 9.64. The molecule has 0 aliphatic heterocycles. The Hall–Kier alpha value is -4.40. The number of amides is 2. The van der Waals surface area contributed by atoms with Gasteiger partial charge < -0.3 is 20.1 Å². The van der Waals surface area contributed by atoms with Crippen molar-refractivity contribution in [3.8, 4) is 11.5 Å². The predicted molar refractivity (Wildman–Crippen MR) is 118 cm³/mol. The van der Waals surface area contributed by atoms with Crippen molar-refractivity contribution in [2.75, 3.05) is 19.0 Å². The Labute approximate surface area is 184 Å². The first kappa shape index (κ1) is 22.3. The highest BCUT2D eigenvalue weighted by Gasteiger charge is 2.18. The second-order valence-corrected chi connectivity index (χ2v) is 6.64. The molecular formula is C23H21N3O6. The van der Waals surface area contributed by atoms with E-state index in [9.17, 15) is 19.7 Å². The standard InChI is InChI=1S/C23H21N3O6/c1-31-17-11-12-21(20(13-17)26(29)30)32-15-22(27)25-19-10-6-5-9-18(19)23(28)24-14-16-7-3-2-4-8-16/h2-13H,14-15H2,1H3,(H,24,28)(H,25,27). The summed E-state index contributed by atoms with van der Waals surface area (Å²) in [5.41, 5.74) is 1.21. The van der Waals surface area contributed by atoms with Gasteiger partial charge in [-0.2, -0.15) is 0 Å². The van der Waals surface area contributed by atoms with Crippen LogP contribution in [-0.2, 0) is 11.3 Å². The van der Waals surface area contributed by atoms with E-state index in [2.05, 4.69) is 10.6 Å². The van der Waals surface area contributed by atoms with E-state index in [1.165, 1.54) is 25.3 Å². The van der Waals surface area contributed by atoms with Gasteiger partial charge in [0, 0.05) is 6.54 Å². The summed E-state index contributed by atoms with van der Waals surface area (Å²) in [5.74, 6) is -0.696. The molecule has 0 spiro atoms. The van der Waals surface area contributed by atoms with Crippen molar-refractivity contribution in [1.82, 2.24) is 5.32 Å². The number of rotatable bonds is 9. The Morgan fingerprint density at radius 3 is 2.44 bits per heavy atom. The number of carbonyl (C=O) groups is 2. The highest BCUT2D eigenvalue weighted by molar-refractivity contribution is 6.04. The zero-order valence-electron chi connectivity index (χ0n) is 17.2. The molecule has 0 aromatic heterocycles. The summed E-state index contributed by atoms with van der Waals surface area (Å²) in [6, 6.07) is 20.0. The first-order chi connectivity index (χ1) is 15.5. The molecule has 3 rings (SSSR count). The summed E-state index contributed by atoms with van der Waals surface area (Å²) in [5, 5.41) is 16.7. The van der Waals surface area contributed by atoms with Gasteiger partial charge in [0.1, 0.15) is 5.75 Å². The Kier molecular flexibility index (Phi) is 7.37. The Balaban J connectivity index is 1.63. The number of benzene rings is 3. The van der Waals surface area contributed by atoms with E-state index in [0.29, 0.717) is 18.0 Å². The predicted octanol–water partition coefficient (Wildman–Crippen LogP) is 3.55. The highest BCUT2D eigenvalue weighted by atomic mass is 16.6. The summed E-state index contributed by atoms with van der Waals surface area (Å²) >= 11 is 0. The summed E-state index contributed by atoms with van der Waals surface area (Å²) < 4.78 is 10.3. The van der Waals surface area contributed by atoms with Gasteiger partial charge in [-0.05, 0) is 29.8 Å². The number of carbonyl (C=O) groups excluding carboxylic acids is 2. The van der Waals surface area contributed by atoms with Gasteiger partial charge in [-0.3, -0.25) is 19.7 Å². The molecule has 0 atom stereocenters. The van der Waals surface area contributed by atoms with Gasteiger partial charge in [0.25, 0.3) is 11.8 Å². The fourth-order valence-corrected chi connectivity index (χ4v) is 2.88. The van der Waals surface area contributed by atoms with Gasteiger partial charge in [-0.25, -0.2) is 0 Å². The Morgan fingerprint density at radius 2 is 1.72 bits per heavy atom. The van der Waals surface area contributed by atoms with E-state index in [4.69, 9.17) is 9.47 Å². The van der Waals surface area contributed by atoms with Crippen LogP contribution in [0, 0.1) is 10.1 Å². The normalized spacial score (nSPS) is 10.2. The number of nitro groups is 1. The fourth-order valence-electron chi connectivity index (χ4n) is 2.88. The summed E-state index contributed by atoms with van der Waals surface area (Å²) in [7, 11) is 1.39. The number of methoxy groups -OCH3 is 1. The van der Waals surface area contributed by atoms with E-state index >= 15 is 0 Å². The molecule has 164 valence electrons. The molecule has 0 saturated carbocycles. The van der Waals surface area contributed by atoms with Crippen molar-refractivity contribution in [3.05, 3.63) is 94.0 Å². The van der Waals surface area contributed by atoms with Crippen LogP contribution in [0.15, 0.2) is 72.8 Å². The lowest BCUT2D eigenvalue weighted by molar-refractivity contribution is -0.385. The van der Waals surface area contributed by atoms with Crippen molar-refractivity contribution >= 4 is 23.2 Å². The molecule has 9 heteroatoms. The minimum absolute atomic E-state index is 0.0696. The van der Waals surface area contributed by atoms with Crippen LogP contribution in [0.1, 0.15) is 15.9 Å². The summed E-state index contributed by atoms with van der Waals surface area (Å²) in [4.78, 5) is 35.6. The molecule has 0 bridgehead atoms. The maximum absolute atomic E-state index is 12.6. The molecule has 9 nitrogen and oxygen atoms in total. The Bertz CT molecular complexity index is 1120. The van der Waals surface area contributed by atoms with Crippen LogP contribution in [0.5, 0.6) is 11.5 Å². The quantitative estimate of drug-likeness (QED) is 0.392. The van der Waals surface area contributed by atoms with E-state index in [1.807, 2.05) is 30.3 Å². The van der Waals surface area contributed by atoms with Crippen LogP contribution >= 0.6 is 0 Å². The second kappa shape index (κ2) is 10.6. The van der Waals surface area contributed by atoms with Gasteiger partial charge in [0.2, 0.25) is 0 Å². The molecule has 3 aromatic carbocycles. The number of hydrogen-bond acceptors (Lipinski definition) is 6. The number of para-hydroxylation sites is 1. The molecule has 2 amide bonds. The Morgan fingerprint density at radius 1 is 1.00 bits per heavy atom. The van der Waals surface area contributed by atoms with E-state index in [1.54, 1.807) is 24.3 Å². The van der Waals surface area contributed by atoms with Crippen LogP contribution in [0.25, 0.3) is 0 Å². The molecule has 2 N–H and O–H groups in total. The molecule has 0 aliphatic carbocycles. The minimum Gasteiger partial charge on any atom is -0.496 e. The number of hydrogen-bond donors (Lipinski definition) is 2. The fraction of sp³-hybridized carbons (Fsp3) is 0.130. The molecule has 0 aliphatic rings. The second-order valence-electron chi connectivity index (χ2n) is 6.64. The van der Waals surface area contributed by atoms with E-state index in [-0.39, 0.29) is 22.9 Å². The van der Waals surface area contributed by atoms with Crippen molar-refractivity contribution in [1.29, 1.82) is 0 Å². The number of anilines is 1. The van der Waals surface area contributed by atoms with Gasteiger partial charge in [-0.15, -0.1) is 0 Å². The highest BCUT2D eigenvalue weighted by Crippen LogP contribution is 2.31. The van der Waals surface area contributed by atoms with E-state index in [0.717, 1.165) is 5.56 Å². The topological polar surface area (TPSA) is 120 Å². The average molecular weight is 435 g/mol. The molecular weight excluding hydrogens is 414 g/mol. The summed E-state index contributed by atoms with van der Waals surface area (Å²) in [6.07, 6.45) is 0. The number of nitrogens with zero attached hydrogens (tertiary/aromatic N) is 1. The van der Waals surface area contributed by atoms with Crippen molar-refractivity contribution in [2.45, 2.75) is 6.54 Å². The smallest absolute Gasteiger partial charge is 0.314 e. The average Bonchev–Trinajstić information content (AvgIpc) is 2.82. The molecule has 0 fully saturated rings. The minimum atomic E-state index is -0.623. The number of nitro benzene ring substituents is 1. The molecule has 0 unspecified atom stereocenters. The zero-order valence-corrected chi connectivity index (χ0v) is 17.2.